The molecule has 0 amide bonds. The maximum atomic E-state index is 11.4. The quantitative estimate of drug-likeness (QED) is 0.596. The lowest BCUT2D eigenvalue weighted by Gasteiger charge is -2.03. The number of carbonyl (C=O) groups excluding carboxylic acids is 1. The van der Waals surface area contributed by atoms with Crippen molar-refractivity contribution in [3.05, 3.63) is 35.9 Å². The fraction of sp³-hybridized carbons (Fsp3) is 0.273. The highest BCUT2D eigenvalue weighted by Gasteiger charge is 2.28. The largest absolute Gasteiger partial charge is 0.463 e. The molecular weight excluding hydrogens is 226 g/mol. The summed E-state index contributed by atoms with van der Waals surface area (Å²) in [5.74, 6) is -0.444. The summed E-state index contributed by atoms with van der Waals surface area (Å²) in [4.78, 5) is 15.5. The van der Waals surface area contributed by atoms with Gasteiger partial charge in [-0.25, -0.2) is 9.79 Å². The average molecular weight is 237 g/mol. The Balaban J connectivity index is 2.09. The number of rotatable bonds is 3. The highest BCUT2D eigenvalue weighted by Crippen LogP contribution is 2.25. The predicted molar refractivity (Wildman–Crippen MR) is 62.1 cm³/mol. The molecule has 0 saturated carbocycles. The molecule has 1 aliphatic rings. The summed E-state index contributed by atoms with van der Waals surface area (Å²) in [6.07, 6.45) is -0.833. The van der Waals surface area contributed by atoms with Crippen LogP contribution in [0.4, 0.5) is 0 Å². The van der Waals surface area contributed by atoms with E-state index in [0.29, 0.717) is 11.7 Å². The van der Waals surface area contributed by atoms with Gasteiger partial charge in [-0.1, -0.05) is 30.3 Å². The molecule has 16 heavy (non-hydrogen) atoms. The number of carbonyl (C=O) groups is 1. The van der Waals surface area contributed by atoms with Crippen molar-refractivity contribution in [1.29, 1.82) is 0 Å². The second-order valence-electron chi connectivity index (χ2n) is 3.08. The maximum Gasteiger partial charge on any atom is 0.359 e. The number of aliphatic imine (C=N–C) groups is 1. The lowest BCUT2D eigenvalue weighted by Crippen LogP contribution is -2.20. The van der Waals surface area contributed by atoms with E-state index in [4.69, 9.17) is 8.92 Å². The van der Waals surface area contributed by atoms with Gasteiger partial charge in [-0.15, -0.1) is 0 Å². The molecular formula is C11H11NO3S. The summed E-state index contributed by atoms with van der Waals surface area (Å²) in [5, 5.41) is 0.707. The van der Waals surface area contributed by atoms with Crippen molar-refractivity contribution in [2.75, 3.05) is 6.61 Å². The van der Waals surface area contributed by atoms with Gasteiger partial charge in [0.1, 0.15) is 5.04 Å². The van der Waals surface area contributed by atoms with Crippen molar-refractivity contribution in [2.45, 2.75) is 13.2 Å². The highest BCUT2D eigenvalue weighted by atomic mass is 32.2. The third-order valence-electron chi connectivity index (χ3n) is 1.96. The molecule has 0 radical (unpaired) electrons. The van der Waals surface area contributed by atoms with Crippen LogP contribution in [0.2, 0.25) is 0 Å². The number of esters is 1. The van der Waals surface area contributed by atoms with E-state index in [-0.39, 0.29) is 0 Å². The molecule has 0 saturated heterocycles. The van der Waals surface area contributed by atoms with Crippen LogP contribution >= 0.6 is 12.0 Å². The standard InChI is InChI=1S/C11H11NO3S/c1-2-14-11(13)9-12-10(16-15-9)8-6-4-3-5-7-8/h3-7,9H,2H2,1H3. The molecule has 5 heteroatoms. The first-order valence-corrected chi connectivity index (χ1v) is 5.68. The predicted octanol–water partition coefficient (Wildman–Crippen LogP) is 2.00. The Kier molecular flexibility index (Phi) is 3.58. The molecule has 0 N–H and O–H groups in total. The highest BCUT2D eigenvalue weighted by molar-refractivity contribution is 8.10. The number of hydrogen-bond donors (Lipinski definition) is 0. The summed E-state index contributed by atoms with van der Waals surface area (Å²) >= 11 is 1.11. The van der Waals surface area contributed by atoms with Crippen molar-refractivity contribution < 1.29 is 13.7 Å². The zero-order valence-corrected chi connectivity index (χ0v) is 9.57. The van der Waals surface area contributed by atoms with Crippen LogP contribution in [-0.2, 0) is 13.7 Å². The molecule has 0 spiro atoms. The molecule has 0 aromatic heterocycles. The van der Waals surface area contributed by atoms with Crippen molar-refractivity contribution in [3.63, 3.8) is 0 Å². The van der Waals surface area contributed by atoms with E-state index in [0.717, 1.165) is 17.6 Å². The van der Waals surface area contributed by atoms with Crippen LogP contribution in [0.1, 0.15) is 12.5 Å². The first-order chi connectivity index (χ1) is 7.81. The maximum absolute atomic E-state index is 11.4. The van der Waals surface area contributed by atoms with Gasteiger partial charge < -0.3 is 4.74 Å². The second-order valence-corrected chi connectivity index (χ2v) is 3.83. The van der Waals surface area contributed by atoms with Crippen LogP contribution in [0.15, 0.2) is 35.3 Å². The van der Waals surface area contributed by atoms with Crippen LogP contribution in [-0.4, -0.2) is 23.8 Å². The first-order valence-electron chi connectivity index (χ1n) is 4.94. The zero-order valence-electron chi connectivity index (χ0n) is 8.75. The van der Waals surface area contributed by atoms with Gasteiger partial charge in [0.05, 0.1) is 18.6 Å². The molecule has 0 bridgehead atoms. The van der Waals surface area contributed by atoms with Crippen LogP contribution < -0.4 is 0 Å². The number of ether oxygens (including phenoxy) is 1. The van der Waals surface area contributed by atoms with Gasteiger partial charge in [-0.2, -0.15) is 0 Å². The second kappa shape index (κ2) is 5.14. The van der Waals surface area contributed by atoms with Crippen molar-refractivity contribution in [3.8, 4) is 0 Å². The minimum Gasteiger partial charge on any atom is -0.463 e. The normalized spacial score (nSPS) is 19.3. The van der Waals surface area contributed by atoms with E-state index >= 15 is 0 Å². The third kappa shape index (κ3) is 2.43. The van der Waals surface area contributed by atoms with Crippen LogP contribution in [0.5, 0.6) is 0 Å². The van der Waals surface area contributed by atoms with E-state index in [1.165, 1.54) is 0 Å². The van der Waals surface area contributed by atoms with E-state index in [9.17, 15) is 4.79 Å². The number of nitrogens with zero attached hydrogens (tertiary/aromatic N) is 1. The first kappa shape index (κ1) is 11.2. The van der Waals surface area contributed by atoms with Gasteiger partial charge >= 0.3 is 5.97 Å². The van der Waals surface area contributed by atoms with Crippen LogP contribution in [0.25, 0.3) is 0 Å². The van der Waals surface area contributed by atoms with Gasteiger partial charge in [-0.3, -0.25) is 4.18 Å². The van der Waals surface area contributed by atoms with Crippen LogP contribution in [0.3, 0.4) is 0 Å². The van der Waals surface area contributed by atoms with Crippen molar-refractivity contribution in [1.82, 2.24) is 0 Å². The average Bonchev–Trinajstić information content (AvgIpc) is 2.80. The molecule has 1 aromatic rings. The Hall–Kier alpha value is -1.33. The summed E-state index contributed by atoms with van der Waals surface area (Å²) in [6.45, 7) is 2.08. The number of hydrogen-bond acceptors (Lipinski definition) is 5. The van der Waals surface area contributed by atoms with Crippen molar-refractivity contribution in [2.24, 2.45) is 4.99 Å². The Labute approximate surface area is 97.9 Å². The minimum absolute atomic E-state index is 0.333. The number of benzene rings is 1. The van der Waals surface area contributed by atoms with Gasteiger partial charge in [0.25, 0.3) is 6.23 Å². The molecule has 1 aliphatic heterocycles. The Morgan fingerprint density at radius 3 is 2.94 bits per heavy atom. The Bertz CT molecular complexity index is 405. The molecule has 84 valence electrons. The molecule has 0 fully saturated rings. The van der Waals surface area contributed by atoms with E-state index < -0.39 is 12.2 Å². The Morgan fingerprint density at radius 2 is 2.25 bits per heavy atom. The zero-order chi connectivity index (χ0) is 11.4. The van der Waals surface area contributed by atoms with Gasteiger partial charge in [0.15, 0.2) is 0 Å². The lowest BCUT2D eigenvalue weighted by atomic mass is 10.2. The molecule has 4 nitrogen and oxygen atoms in total. The van der Waals surface area contributed by atoms with Gasteiger partial charge in [0.2, 0.25) is 0 Å². The molecule has 0 aliphatic carbocycles. The monoisotopic (exact) mass is 237 g/mol. The summed E-state index contributed by atoms with van der Waals surface area (Å²) in [6, 6.07) is 9.59. The molecule has 1 unspecified atom stereocenters. The molecule has 1 atom stereocenters. The fourth-order valence-corrected chi connectivity index (χ4v) is 1.92. The summed E-state index contributed by atoms with van der Waals surface area (Å²) in [5.41, 5.74) is 0.944. The van der Waals surface area contributed by atoms with E-state index in [1.54, 1.807) is 6.92 Å². The lowest BCUT2D eigenvalue weighted by molar-refractivity contribution is -0.150. The van der Waals surface area contributed by atoms with E-state index in [2.05, 4.69) is 4.99 Å². The molecule has 1 aromatic carbocycles. The minimum atomic E-state index is -0.833. The molecule has 1 heterocycles. The summed E-state index contributed by atoms with van der Waals surface area (Å²) in [7, 11) is 0. The smallest absolute Gasteiger partial charge is 0.359 e. The van der Waals surface area contributed by atoms with Gasteiger partial charge in [0, 0.05) is 5.56 Å². The van der Waals surface area contributed by atoms with Crippen LogP contribution in [0, 0.1) is 0 Å². The third-order valence-corrected chi connectivity index (χ3v) is 2.74. The topological polar surface area (TPSA) is 47.9 Å². The van der Waals surface area contributed by atoms with Crippen molar-refractivity contribution >= 4 is 23.1 Å². The summed E-state index contributed by atoms with van der Waals surface area (Å²) < 4.78 is 10.00. The van der Waals surface area contributed by atoms with E-state index in [1.807, 2.05) is 30.3 Å². The Morgan fingerprint density at radius 1 is 1.50 bits per heavy atom. The van der Waals surface area contributed by atoms with Gasteiger partial charge in [-0.05, 0) is 6.92 Å². The molecule has 2 rings (SSSR count). The SMILES string of the molecule is CCOC(=O)C1N=C(c2ccccc2)SO1. The fourth-order valence-electron chi connectivity index (χ4n) is 1.25.